The first kappa shape index (κ1) is 18.8. The Hall–Kier alpha value is -2.94. The Morgan fingerprint density at radius 1 is 1.19 bits per heavy atom. The van der Waals surface area contributed by atoms with E-state index in [1.165, 1.54) is 6.07 Å². The smallest absolute Gasteiger partial charge is 0.237 e. The monoisotopic (exact) mass is 390 g/mol. The van der Waals surface area contributed by atoms with Gasteiger partial charge in [-0.2, -0.15) is 0 Å². The molecule has 0 saturated heterocycles. The number of hydrogen-bond donors (Lipinski definition) is 2. The molecular weight excluding hydrogens is 374 g/mol. The second-order valence-corrected chi connectivity index (χ2v) is 6.85. The molecule has 0 saturated carbocycles. The fourth-order valence-corrected chi connectivity index (χ4v) is 2.96. The van der Waals surface area contributed by atoms with E-state index in [-0.39, 0.29) is 0 Å². The molecule has 0 aliphatic carbocycles. The minimum absolute atomic E-state index is 0.345. The fraction of sp³-hybridized carbons (Fsp3) is 0.167. The maximum Gasteiger partial charge on any atom is 0.237 e. The molecule has 1 heterocycles. The molecule has 0 bridgehead atoms. The molecule has 6 nitrogen and oxygen atoms in total. The molecule has 0 unspecified atom stereocenters. The minimum atomic E-state index is -0.833. The van der Waals surface area contributed by atoms with Crippen LogP contribution >= 0.6 is 11.8 Å². The molecule has 3 aromatic rings. The number of thioether (sulfide) groups is 1. The van der Waals surface area contributed by atoms with Crippen molar-refractivity contribution < 1.29 is 18.3 Å². The first-order valence-corrected chi connectivity index (χ1v) is 8.84. The number of methoxy groups -OCH3 is 1. The van der Waals surface area contributed by atoms with Crippen LogP contribution in [0.25, 0.3) is 11.4 Å². The number of carbonyl (C=O) groups is 1. The van der Waals surface area contributed by atoms with Crippen LogP contribution in [0.15, 0.2) is 47.6 Å². The van der Waals surface area contributed by atoms with Crippen LogP contribution in [0, 0.1) is 11.6 Å². The molecule has 9 heteroatoms. The number of para-hydroxylation sites is 1. The van der Waals surface area contributed by atoms with Gasteiger partial charge in [0.1, 0.15) is 23.1 Å². The van der Waals surface area contributed by atoms with Crippen molar-refractivity contribution in [3.63, 3.8) is 0 Å². The summed E-state index contributed by atoms with van der Waals surface area (Å²) in [6.45, 7) is 1.60. The minimum Gasteiger partial charge on any atom is -0.497 e. The first-order chi connectivity index (χ1) is 13.0. The van der Waals surface area contributed by atoms with Gasteiger partial charge in [-0.3, -0.25) is 9.89 Å². The summed E-state index contributed by atoms with van der Waals surface area (Å²) >= 11 is 1.07. The van der Waals surface area contributed by atoms with Gasteiger partial charge >= 0.3 is 0 Å². The van der Waals surface area contributed by atoms with Crippen LogP contribution < -0.4 is 10.1 Å². The predicted molar refractivity (Wildman–Crippen MR) is 98.7 cm³/mol. The highest BCUT2D eigenvalue weighted by molar-refractivity contribution is 8.00. The Morgan fingerprint density at radius 3 is 2.48 bits per heavy atom. The molecule has 27 heavy (non-hydrogen) atoms. The summed E-state index contributed by atoms with van der Waals surface area (Å²) < 4.78 is 32.4. The maximum atomic E-state index is 13.6. The van der Waals surface area contributed by atoms with Gasteiger partial charge in [0.2, 0.25) is 11.1 Å². The van der Waals surface area contributed by atoms with Gasteiger partial charge < -0.3 is 10.1 Å². The number of nitrogens with one attached hydrogen (secondary N) is 2. The molecule has 140 valence electrons. The van der Waals surface area contributed by atoms with Crippen LogP contribution in [0.3, 0.4) is 0 Å². The molecule has 3 rings (SSSR count). The van der Waals surface area contributed by atoms with E-state index in [1.807, 2.05) is 12.1 Å². The lowest BCUT2D eigenvalue weighted by Crippen LogP contribution is -2.23. The number of carbonyl (C=O) groups excluding carboxylic acids is 1. The number of anilines is 1. The number of H-pyrrole nitrogens is 1. The third kappa shape index (κ3) is 4.43. The molecule has 0 fully saturated rings. The summed E-state index contributed by atoms with van der Waals surface area (Å²) in [4.78, 5) is 16.6. The molecule has 0 aliphatic rings. The molecule has 1 amide bonds. The van der Waals surface area contributed by atoms with E-state index >= 15 is 0 Å². The predicted octanol–water partition coefficient (Wildman–Crippen LogP) is 3.88. The fourth-order valence-electron chi connectivity index (χ4n) is 2.23. The van der Waals surface area contributed by atoms with Crippen molar-refractivity contribution >= 4 is 23.4 Å². The third-order valence-corrected chi connectivity index (χ3v) is 4.65. The third-order valence-electron chi connectivity index (χ3n) is 3.69. The molecule has 1 atom stereocenters. The van der Waals surface area contributed by atoms with Gasteiger partial charge in [-0.1, -0.05) is 17.8 Å². The molecule has 0 aliphatic heterocycles. The second kappa shape index (κ2) is 8.17. The Kier molecular flexibility index (Phi) is 5.70. The summed E-state index contributed by atoms with van der Waals surface area (Å²) in [5.41, 5.74) is 0.338. The van der Waals surface area contributed by atoms with Gasteiger partial charge in [0, 0.05) is 5.56 Å². The van der Waals surface area contributed by atoms with E-state index in [1.54, 1.807) is 26.2 Å². The molecule has 2 N–H and O–H groups in total. The van der Waals surface area contributed by atoms with E-state index < -0.39 is 28.5 Å². The molecular formula is C18H16F2N4O2S. The van der Waals surface area contributed by atoms with Crippen molar-refractivity contribution in [3.8, 4) is 17.1 Å². The maximum absolute atomic E-state index is 13.6. The summed E-state index contributed by atoms with van der Waals surface area (Å²) in [5.74, 6) is -0.966. The number of halogens is 2. The summed E-state index contributed by atoms with van der Waals surface area (Å²) in [6.07, 6.45) is 0. The van der Waals surface area contributed by atoms with Crippen LogP contribution in [0.5, 0.6) is 5.75 Å². The normalized spacial score (nSPS) is 11.9. The highest BCUT2D eigenvalue weighted by atomic mass is 32.2. The number of ether oxygens (including phenoxy) is 1. The largest absolute Gasteiger partial charge is 0.497 e. The summed E-state index contributed by atoms with van der Waals surface area (Å²) in [7, 11) is 1.58. The Balaban J connectivity index is 1.66. The van der Waals surface area contributed by atoms with Crippen molar-refractivity contribution in [2.75, 3.05) is 12.4 Å². The number of hydrogen-bond acceptors (Lipinski definition) is 5. The number of rotatable bonds is 6. The Labute approximate surface area is 158 Å². The van der Waals surface area contributed by atoms with Crippen molar-refractivity contribution in [1.82, 2.24) is 15.2 Å². The number of aromatic nitrogens is 3. The van der Waals surface area contributed by atoms with Crippen LogP contribution in [-0.2, 0) is 4.79 Å². The SMILES string of the molecule is COc1ccc(-c2nc(S[C@@H](C)C(=O)Nc3c(F)cccc3F)n[nH]2)cc1. The number of benzene rings is 2. The van der Waals surface area contributed by atoms with Crippen molar-refractivity contribution in [2.24, 2.45) is 0 Å². The molecule has 2 aromatic carbocycles. The summed E-state index contributed by atoms with van der Waals surface area (Å²) in [6, 6.07) is 10.6. The van der Waals surface area contributed by atoms with E-state index in [0.717, 1.165) is 35.2 Å². The zero-order chi connectivity index (χ0) is 19.4. The number of aromatic amines is 1. The lowest BCUT2D eigenvalue weighted by Gasteiger charge is -2.11. The van der Waals surface area contributed by atoms with Crippen LogP contribution in [-0.4, -0.2) is 33.4 Å². The van der Waals surface area contributed by atoms with Crippen molar-refractivity contribution in [1.29, 1.82) is 0 Å². The Bertz CT molecular complexity index is 927. The van der Waals surface area contributed by atoms with E-state index in [0.29, 0.717) is 11.0 Å². The molecule has 0 radical (unpaired) electrons. The highest BCUT2D eigenvalue weighted by Gasteiger charge is 2.20. The van der Waals surface area contributed by atoms with Gasteiger partial charge in [-0.05, 0) is 43.3 Å². The van der Waals surface area contributed by atoms with Crippen LogP contribution in [0.4, 0.5) is 14.5 Å². The quantitative estimate of drug-likeness (QED) is 0.625. The van der Waals surface area contributed by atoms with Crippen LogP contribution in [0.1, 0.15) is 6.92 Å². The zero-order valence-corrected chi connectivity index (χ0v) is 15.3. The average Bonchev–Trinajstić information content (AvgIpc) is 3.13. The van der Waals surface area contributed by atoms with E-state index in [4.69, 9.17) is 4.74 Å². The Morgan fingerprint density at radius 2 is 1.85 bits per heavy atom. The first-order valence-electron chi connectivity index (χ1n) is 7.96. The van der Waals surface area contributed by atoms with E-state index in [2.05, 4.69) is 20.5 Å². The van der Waals surface area contributed by atoms with Crippen molar-refractivity contribution in [3.05, 3.63) is 54.1 Å². The highest BCUT2D eigenvalue weighted by Crippen LogP contribution is 2.25. The van der Waals surface area contributed by atoms with E-state index in [9.17, 15) is 13.6 Å². The zero-order valence-electron chi connectivity index (χ0n) is 14.5. The van der Waals surface area contributed by atoms with Gasteiger partial charge in [-0.15, -0.1) is 5.10 Å². The van der Waals surface area contributed by atoms with Gasteiger partial charge in [0.15, 0.2) is 5.82 Å². The lowest BCUT2D eigenvalue weighted by molar-refractivity contribution is -0.115. The molecule has 0 spiro atoms. The summed E-state index contributed by atoms with van der Waals surface area (Å²) in [5, 5.41) is 8.81. The standard InChI is InChI=1S/C18H16F2N4O2S/c1-10(17(25)21-15-13(19)4-3-5-14(15)20)27-18-22-16(23-24-18)11-6-8-12(26-2)9-7-11/h3-10H,1-2H3,(H,21,25)(H,22,23,24)/t10-/m0/s1. The van der Waals surface area contributed by atoms with Crippen molar-refractivity contribution in [2.45, 2.75) is 17.3 Å². The van der Waals surface area contributed by atoms with Gasteiger partial charge in [0.25, 0.3) is 0 Å². The second-order valence-electron chi connectivity index (χ2n) is 5.54. The number of amides is 1. The average molecular weight is 390 g/mol. The topological polar surface area (TPSA) is 79.9 Å². The lowest BCUT2D eigenvalue weighted by atomic mass is 10.2. The molecule has 1 aromatic heterocycles. The number of nitrogens with zero attached hydrogens (tertiary/aromatic N) is 2. The van der Waals surface area contributed by atoms with Crippen LogP contribution in [0.2, 0.25) is 0 Å². The van der Waals surface area contributed by atoms with Gasteiger partial charge in [-0.25, -0.2) is 13.8 Å². The van der Waals surface area contributed by atoms with Gasteiger partial charge in [0.05, 0.1) is 12.4 Å².